The molecule has 0 saturated carbocycles. The summed E-state index contributed by atoms with van der Waals surface area (Å²) in [4.78, 5) is 23.2. The van der Waals surface area contributed by atoms with Crippen molar-refractivity contribution in [2.24, 2.45) is 0 Å². The minimum atomic E-state index is -1.09. The van der Waals surface area contributed by atoms with Crippen LogP contribution >= 0.6 is 39.1 Å². The van der Waals surface area contributed by atoms with Crippen LogP contribution in [0.25, 0.3) is 0 Å². The van der Waals surface area contributed by atoms with Crippen LogP contribution in [0.15, 0.2) is 40.9 Å². The van der Waals surface area contributed by atoms with Gasteiger partial charge in [-0.05, 0) is 30.3 Å². The zero-order chi connectivity index (χ0) is 15.6. The van der Waals surface area contributed by atoms with Crippen molar-refractivity contribution >= 4 is 56.7 Å². The average molecular weight is 389 g/mol. The highest BCUT2D eigenvalue weighted by Gasteiger charge is 2.14. The molecule has 0 fully saturated rings. The molecule has 0 bridgehead atoms. The van der Waals surface area contributed by atoms with Crippen molar-refractivity contribution in [2.45, 2.75) is 0 Å². The second kappa shape index (κ2) is 6.47. The predicted molar refractivity (Wildman–Crippen MR) is 85.5 cm³/mol. The van der Waals surface area contributed by atoms with Gasteiger partial charge < -0.3 is 10.4 Å². The Balaban J connectivity index is 2.31. The van der Waals surface area contributed by atoms with Crippen LogP contribution in [0.4, 0.5) is 5.69 Å². The van der Waals surface area contributed by atoms with Gasteiger partial charge >= 0.3 is 5.97 Å². The molecule has 0 spiro atoms. The quantitative estimate of drug-likeness (QED) is 0.800. The standard InChI is InChI=1S/C14H8BrCl2NO3/c15-8-4-7(14(20)21)5-9(6-8)18-13(19)10-2-1-3-11(16)12(10)17/h1-6H,(H,18,19)(H,20,21). The number of anilines is 1. The van der Waals surface area contributed by atoms with Crippen molar-refractivity contribution in [1.82, 2.24) is 0 Å². The number of amides is 1. The van der Waals surface area contributed by atoms with Gasteiger partial charge in [0.1, 0.15) is 0 Å². The van der Waals surface area contributed by atoms with Crippen LogP contribution in [0, 0.1) is 0 Å². The van der Waals surface area contributed by atoms with E-state index in [0.717, 1.165) is 0 Å². The first-order valence-corrected chi connectivity index (χ1v) is 7.22. The highest BCUT2D eigenvalue weighted by atomic mass is 79.9. The normalized spacial score (nSPS) is 10.2. The summed E-state index contributed by atoms with van der Waals surface area (Å²) in [6.45, 7) is 0. The Kier molecular flexibility index (Phi) is 4.88. The van der Waals surface area contributed by atoms with Gasteiger partial charge in [0.2, 0.25) is 0 Å². The van der Waals surface area contributed by atoms with Gasteiger partial charge in [0, 0.05) is 10.2 Å². The Labute approximate surface area is 138 Å². The first-order chi connectivity index (χ1) is 9.88. The lowest BCUT2D eigenvalue weighted by atomic mass is 10.1. The van der Waals surface area contributed by atoms with E-state index >= 15 is 0 Å². The van der Waals surface area contributed by atoms with Crippen LogP contribution in [-0.2, 0) is 0 Å². The van der Waals surface area contributed by atoms with Crippen molar-refractivity contribution in [2.75, 3.05) is 5.32 Å². The highest BCUT2D eigenvalue weighted by molar-refractivity contribution is 9.10. The number of halogens is 3. The van der Waals surface area contributed by atoms with Gasteiger partial charge in [-0.25, -0.2) is 4.79 Å². The molecule has 0 heterocycles. The Morgan fingerprint density at radius 2 is 1.86 bits per heavy atom. The zero-order valence-electron chi connectivity index (χ0n) is 10.4. The van der Waals surface area contributed by atoms with Gasteiger partial charge in [-0.15, -0.1) is 0 Å². The molecule has 108 valence electrons. The monoisotopic (exact) mass is 387 g/mol. The number of carbonyl (C=O) groups is 2. The summed E-state index contributed by atoms with van der Waals surface area (Å²) < 4.78 is 0.537. The van der Waals surface area contributed by atoms with Crippen LogP contribution in [-0.4, -0.2) is 17.0 Å². The Bertz CT molecular complexity index is 734. The number of rotatable bonds is 3. The summed E-state index contributed by atoms with van der Waals surface area (Å²) in [5.41, 5.74) is 0.598. The second-order valence-electron chi connectivity index (χ2n) is 4.09. The third-order valence-corrected chi connectivity index (χ3v) is 3.88. The largest absolute Gasteiger partial charge is 0.478 e. The number of carboxylic acids is 1. The van der Waals surface area contributed by atoms with Gasteiger partial charge in [-0.3, -0.25) is 4.79 Å². The summed E-state index contributed by atoms with van der Waals surface area (Å²) in [6.07, 6.45) is 0. The molecule has 7 heteroatoms. The van der Waals surface area contributed by atoms with E-state index in [1.165, 1.54) is 18.2 Å². The molecule has 0 aliphatic carbocycles. The molecule has 2 rings (SSSR count). The smallest absolute Gasteiger partial charge is 0.335 e. The van der Waals surface area contributed by atoms with E-state index < -0.39 is 11.9 Å². The first-order valence-electron chi connectivity index (χ1n) is 5.67. The molecule has 0 aliphatic heterocycles. The van der Waals surface area contributed by atoms with Gasteiger partial charge in [-0.1, -0.05) is 45.2 Å². The maximum absolute atomic E-state index is 12.2. The molecule has 0 saturated heterocycles. The van der Waals surface area contributed by atoms with Gasteiger partial charge in [0.25, 0.3) is 5.91 Å². The van der Waals surface area contributed by atoms with Gasteiger partial charge in [0.05, 0.1) is 21.2 Å². The van der Waals surface area contributed by atoms with E-state index in [1.54, 1.807) is 18.2 Å². The summed E-state index contributed by atoms with van der Waals surface area (Å²) in [6, 6.07) is 9.07. The molecule has 2 aromatic carbocycles. The van der Waals surface area contributed by atoms with E-state index in [-0.39, 0.29) is 21.2 Å². The molecule has 0 radical (unpaired) electrons. The minimum Gasteiger partial charge on any atom is -0.478 e. The number of hydrogen-bond acceptors (Lipinski definition) is 2. The Morgan fingerprint density at radius 3 is 2.52 bits per heavy atom. The van der Waals surface area contributed by atoms with Crippen LogP contribution < -0.4 is 5.32 Å². The van der Waals surface area contributed by atoms with E-state index in [2.05, 4.69) is 21.2 Å². The lowest BCUT2D eigenvalue weighted by molar-refractivity contribution is 0.0696. The molecule has 4 nitrogen and oxygen atoms in total. The van der Waals surface area contributed by atoms with Crippen LogP contribution in [0.5, 0.6) is 0 Å². The number of benzene rings is 2. The number of carbonyl (C=O) groups excluding carboxylic acids is 1. The van der Waals surface area contributed by atoms with Crippen LogP contribution in [0.2, 0.25) is 10.0 Å². The summed E-state index contributed by atoms with van der Waals surface area (Å²) in [5, 5.41) is 12.0. The van der Waals surface area contributed by atoms with E-state index in [4.69, 9.17) is 28.3 Å². The number of hydrogen-bond donors (Lipinski definition) is 2. The van der Waals surface area contributed by atoms with E-state index in [1.807, 2.05) is 0 Å². The summed E-state index contributed by atoms with van der Waals surface area (Å²) >= 11 is 15.0. The molecule has 2 N–H and O–H groups in total. The van der Waals surface area contributed by atoms with Crippen LogP contribution in [0.3, 0.4) is 0 Å². The average Bonchev–Trinajstić information content (AvgIpc) is 2.41. The third-order valence-electron chi connectivity index (χ3n) is 2.60. The maximum Gasteiger partial charge on any atom is 0.335 e. The van der Waals surface area contributed by atoms with Crippen molar-refractivity contribution in [3.8, 4) is 0 Å². The van der Waals surface area contributed by atoms with Gasteiger partial charge in [-0.2, -0.15) is 0 Å². The summed E-state index contributed by atoms with van der Waals surface area (Å²) in [7, 11) is 0. The molecular weight excluding hydrogens is 381 g/mol. The molecule has 21 heavy (non-hydrogen) atoms. The number of nitrogens with one attached hydrogen (secondary N) is 1. The van der Waals surface area contributed by atoms with Crippen molar-refractivity contribution in [3.05, 3.63) is 62.0 Å². The topological polar surface area (TPSA) is 66.4 Å². The maximum atomic E-state index is 12.2. The van der Waals surface area contributed by atoms with Gasteiger partial charge in [0.15, 0.2) is 0 Å². The Morgan fingerprint density at radius 1 is 1.14 bits per heavy atom. The molecule has 0 aliphatic rings. The number of aromatic carboxylic acids is 1. The lowest BCUT2D eigenvalue weighted by Gasteiger charge is -2.09. The SMILES string of the molecule is O=C(O)c1cc(Br)cc(NC(=O)c2cccc(Cl)c2Cl)c1. The van der Waals surface area contributed by atoms with Crippen molar-refractivity contribution < 1.29 is 14.7 Å². The second-order valence-corrected chi connectivity index (χ2v) is 5.79. The molecule has 0 atom stereocenters. The lowest BCUT2D eigenvalue weighted by Crippen LogP contribution is -2.13. The number of carboxylic acid groups (broad SMARTS) is 1. The third kappa shape index (κ3) is 3.75. The fraction of sp³-hybridized carbons (Fsp3) is 0. The molecular formula is C14H8BrCl2NO3. The van der Waals surface area contributed by atoms with Crippen LogP contribution in [0.1, 0.15) is 20.7 Å². The fourth-order valence-corrected chi connectivity index (χ4v) is 2.54. The predicted octanol–water partition coefficient (Wildman–Crippen LogP) is 4.71. The van der Waals surface area contributed by atoms with E-state index in [0.29, 0.717) is 10.2 Å². The minimum absolute atomic E-state index is 0.0527. The first kappa shape index (κ1) is 15.8. The molecule has 2 aromatic rings. The molecule has 0 aromatic heterocycles. The highest BCUT2D eigenvalue weighted by Crippen LogP contribution is 2.27. The van der Waals surface area contributed by atoms with E-state index in [9.17, 15) is 9.59 Å². The molecule has 0 unspecified atom stereocenters. The van der Waals surface area contributed by atoms with Crippen molar-refractivity contribution in [1.29, 1.82) is 0 Å². The Hall–Kier alpha value is -1.56. The zero-order valence-corrected chi connectivity index (χ0v) is 13.5. The molecule has 1 amide bonds. The van der Waals surface area contributed by atoms with Crippen molar-refractivity contribution in [3.63, 3.8) is 0 Å². The fourth-order valence-electron chi connectivity index (χ4n) is 1.66. The summed E-state index contributed by atoms with van der Waals surface area (Å²) in [5.74, 6) is -1.57.